The van der Waals surface area contributed by atoms with Crippen LogP contribution in [0.25, 0.3) is 11.8 Å². The highest BCUT2D eigenvalue weighted by Gasteiger charge is 2.28. The summed E-state index contributed by atoms with van der Waals surface area (Å²) in [4.78, 5) is 0. The number of terminal acetylenes is 1. The Bertz CT molecular complexity index is 898. The zero-order valence-electron chi connectivity index (χ0n) is 14.4. The minimum absolute atomic E-state index is 0.103. The summed E-state index contributed by atoms with van der Waals surface area (Å²) in [7, 11) is 3.13. The molecule has 1 unspecified atom stereocenters. The van der Waals surface area contributed by atoms with Crippen LogP contribution in [0, 0.1) is 12.3 Å². The van der Waals surface area contributed by atoms with Crippen molar-refractivity contribution >= 4 is 11.8 Å². The molecule has 1 aliphatic heterocycles. The number of hydrogen-bond donors (Lipinski definition) is 3. The Labute approximate surface area is 151 Å². The van der Waals surface area contributed by atoms with E-state index in [1.54, 1.807) is 20.3 Å². The van der Waals surface area contributed by atoms with E-state index in [4.69, 9.17) is 20.6 Å². The van der Waals surface area contributed by atoms with Gasteiger partial charge in [-0.2, -0.15) is 0 Å². The molecule has 1 heterocycles. The SMILES string of the molecule is C#CCOC1NC(c2ccc(O)c(O)c2)=Cc2ccc(OC)c(OC)c21. The maximum Gasteiger partial charge on any atom is 0.169 e. The summed E-state index contributed by atoms with van der Waals surface area (Å²) in [5.74, 6) is 3.21. The van der Waals surface area contributed by atoms with E-state index in [0.717, 1.165) is 11.1 Å². The summed E-state index contributed by atoms with van der Waals surface area (Å²) >= 11 is 0. The van der Waals surface area contributed by atoms with Gasteiger partial charge in [-0.15, -0.1) is 6.42 Å². The molecule has 2 aromatic rings. The van der Waals surface area contributed by atoms with E-state index in [-0.39, 0.29) is 18.1 Å². The molecule has 3 rings (SSSR count). The van der Waals surface area contributed by atoms with Crippen molar-refractivity contribution in [1.29, 1.82) is 0 Å². The minimum Gasteiger partial charge on any atom is -0.504 e. The standard InChI is InChI=1S/C20H19NO5/c1-4-9-26-20-18-13(6-8-17(24-2)19(18)25-3)10-14(21-20)12-5-7-15(22)16(23)11-12/h1,5-8,10-11,20-23H,9H2,2-3H3. The molecular formula is C20H19NO5. The number of aromatic hydroxyl groups is 2. The summed E-state index contributed by atoms with van der Waals surface area (Å²) < 4.78 is 16.7. The molecule has 2 aromatic carbocycles. The number of rotatable bonds is 5. The first-order valence-corrected chi connectivity index (χ1v) is 7.89. The second-order valence-corrected chi connectivity index (χ2v) is 5.60. The lowest BCUT2D eigenvalue weighted by Gasteiger charge is -2.30. The first-order valence-electron chi connectivity index (χ1n) is 7.89. The van der Waals surface area contributed by atoms with Gasteiger partial charge in [-0.05, 0) is 35.9 Å². The van der Waals surface area contributed by atoms with Gasteiger partial charge in [0.1, 0.15) is 6.61 Å². The van der Waals surface area contributed by atoms with Gasteiger partial charge < -0.3 is 29.7 Å². The number of nitrogens with one attached hydrogen (secondary N) is 1. The summed E-state index contributed by atoms with van der Waals surface area (Å²) in [5.41, 5.74) is 3.04. The fraction of sp³-hybridized carbons (Fsp3) is 0.200. The summed E-state index contributed by atoms with van der Waals surface area (Å²) in [6, 6.07) is 8.29. The van der Waals surface area contributed by atoms with Gasteiger partial charge in [0.05, 0.1) is 19.8 Å². The molecule has 0 fully saturated rings. The van der Waals surface area contributed by atoms with Gasteiger partial charge in [0, 0.05) is 11.3 Å². The summed E-state index contributed by atoms with van der Waals surface area (Å²) in [6.45, 7) is 0.103. The molecule has 134 valence electrons. The number of phenolic OH excluding ortho intramolecular Hbond substituents is 2. The maximum absolute atomic E-state index is 9.78. The van der Waals surface area contributed by atoms with Crippen molar-refractivity contribution < 1.29 is 24.4 Å². The van der Waals surface area contributed by atoms with Crippen molar-refractivity contribution in [3.8, 4) is 35.3 Å². The quantitative estimate of drug-likeness (QED) is 0.567. The lowest BCUT2D eigenvalue weighted by atomic mass is 9.97. The van der Waals surface area contributed by atoms with Crippen LogP contribution in [-0.4, -0.2) is 31.0 Å². The lowest BCUT2D eigenvalue weighted by molar-refractivity contribution is 0.0612. The van der Waals surface area contributed by atoms with Gasteiger partial charge in [0.25, 0.3) is 0 Å². The van der Waals surface area contributed by atoms with Crippen LogP contribution in [0.1, 0.15) is 22.9 Å². The fourth-order valence-electron chi connectivity index (χ4n) is 2.89. The van der Waals surface area contributed by atoms with E-state index in [0.29, 0.717) is 22.8 Å². The lowest BCUT2D eigenvalue weighted by Crippen LogP contribution is -2.27. The van der Waals surface area contributed by atoms with E-state index in [1.165, 1.54) is 12.1 Å². The van der Waals surface area contributed by atoms with E-state index >= 15 is 0 Å². The third-order valence-corrected chi connectivity index (χ3v) is 4.09. The largest absolute Gasteiger partial charge is 0.504 e. The molecule has 0 saturated carbocycles. The molecule has 0 aromatic heterocycles. The van der Waals surface area contributed by atoms with Crippen LogP contribution in [0.15, 0.2) is 30.3 Å². The van der Waals surface area contributed by atoms with E-state index in [2.05, 4.69) is 11.2 Å². The monoisotopic (exact) mass is 353 g/mol. The number of ether oxygens (including phenoxy) is 3. The Morgan fingerprint density at radius 1 is 1.12 bits per heavy atom. The van der Waals surface area contributed by atoms with Crippen LogP contribution in [-0.2, 0) is 4.74 Å². The molecule has 0 radical (unpaired) electrons. The molecule has 1 atom stereocenters. The Hall–Kier alpha value is -3.30. The van der Waals surface area contributed by atoms with Crippen LogP contribution >= 0.6 is 0 Å². The van der Waals surface area contributed by atoms with E-state index < -0.39 is 6.23 Å². The van der Waals surface area contributed by atoms with Crippen molar-refractivity contribution in [2.24, 2.45) is 0 Å². The van der Waals surface area contributed by atoms with Crippen LogP contribution in [0.2, 0.25) is 0 Å². The van der Waals surface area contributed by atoms with Gasteiger partial charge in [0.15, 0.2) is 29.2 Å². The molecule has 0 aliphatic carbocycles. The van der Waals surface area contributed by atoms with Crippen LogP contribution in [0.5, 0.6) is 23.0 Å². The molecule has 0 amide bonds. The molecule has 3 N–H and O–H groups in total. The zero-order chi connectivity index (χ0) is 18.7. The number of methoxy groups -OCH3 is 2. The van der Waals surface area contributed by atoms with Crippen molar-refractivity contribution in [2.45, 2.75) is 6.23 Å². The topological polar surface area (TPSA) is 80.2 Å². The Balaban J connectivity index is 2.12. The third-order valence-electron chi connectivity index (χ3n) is 4.09. The number of phenols is 2. The highest BCUT2D eigenvalue weighted by Crippen LogP contribution is 2.42. The second-order valence-electron chi connectivity index (χ2n) is 5.60. The molecule has 0 spiro atoms. The normalized spacial score (nSPS) is 15.3. The van der Waals surface area contributed by atoms with Gasteiger partial charge in [-0.3, -0.25) is 0 Å². The molecule has 0 saturated heterocycles. The van der Waals surface area contributed by atoms with Crippen LogP contribution in [0.3, 0.4) is 0 Å². The Morgan fingerprint density at radius 3 is 2.58 bits per heavy atom. The fourth-order valence-corrected chi connectivity index (χ4v) is 2.89. The first-order chi connectivity index (χ1) is 12.6. The predicted molar refractivity (Wildman–Crippen MR) is 97.9 cm³/mol. The van der Waals surface area contributed by atoms with Crippen molar-refractivity contribution in [3.63, 3.8) is 0 Å². The second kappa shape index (κ2) is 7.30. The van der Waals surface area contributed by atoms with Crippen LogP contribution < -0.4 is 14.8 Å². The first kappa shape index (κ1) is 17.5. The molecule has 1 aliphatic rings. The molecule has 6 heteroatoms. The number of fused-ring (bicyclic) bond motifs is 1. The zero-order valence-corrected chi connectivity index (χ0v) is 14.4. The van der Waals surface area contributed by atoms with Crippen LogP contribution in [0.4, 0.5) is 0 Å². The highest BCUT2D eigenvalue weighted by atomic mass is 16.5. The van der Waals surface area contributed by atoms with E-state index in [9.17, 15) is 10.2 Å². The van der Waals surface area contributed by atoms with Gasteiger partial charge in [0.2, 0.25) is 0 Å². The summed E-state index contributed by atoms with van der Waals surface area (Å²) in [5, 5.41) is 22.6. The number of benzene rings is 2. The Morgan fingerprint density at radius 2 is 1.92 bits per heavy atom. The molecule has 0 bridgehead atoms. The average molecular weight is 353 g/mol. The minimum atomic E-state index is -0.568. The average Bonchev–Trinajstić information content (AvgIpc) is 2.66. The predicted octanol–water partition coefficient (Wildman–Crippen LogP) is 2.86. The van der Waals surface area contributed by atoms with Gasteiger partial charge in [-0.25, -0.2) is 0 Å². The van der Waals surface area contributed by atoms with Crippen molar-refractivity contribution in [2.75, 3.05) is 20.8 Å². The van der Waals surface area contributed by atoms with Crippen molar-refractivity contribution in [3.05, 3.63) is 47.0 Å². The third kappa shape index (κ3) is 3.13. The molecular weight excluding hydrogens is 334 g/mol. The summed E-state index contributed by atoms with van der Waals surface area (Å²) in [6.07, 6.45) is 6.67. The smallest absolute Gasteiger partial charge is 0.169 e. The highest BCUT2D eigenvalue weighted by molar-refractivity contribution is 5.85. The molecule has 26 heavy (non-hydrogen) atoms. The van der Waals surface area contributed by atoms with Gasteiger partial charge >= 0.3 is 0 Å². The van der Waals surface area contributed by atoms with Crippen molar-refractivity contribution in [1.82, 2.24) is 5.32 Å². The molecule has 6 nitrogen and oxygen atoms in total. The number of hydrogen-bond acceptors (Lipinski definition) is 6. The maximum atomic E-state index is 9.78. The Kier molecular flexibility index (Phi) is 4.92. The van der Waals surface area contributed by atoms with Gasteiger partial charge in [-0.1, -0.05) is 12.0 Å². The van der Waals surface area contributed by atoms with E-state index in [1.807, 2.05) is 18.2 Å².